The third-order valence-corrected chi connectivity index (χ3v) is 9.73. The lowest BCUT2D eigenvalue weighted by molar-refractivity contribution is -0.663. The van der Waals surface area contributed by atoms with Crippen LogP contribution in [0.15, 0.2) is 55.0 Å². The fraction of sp³-hybridized carbons (Fsp3) is 0.304. The summed E-state index contributed by atoms with van der Waals surface area (Å²) in [5.41, 5.74) is 7.02. The minimum absolute atomic E-state index is 0.0164. The molecule has 2 aromatic carbocycles. The standard InChI is InChI=1S/C23H27N2Si/c1-16-11-12-18-22(21(16)19-13-14-24-15-25(19)4)26(5,6)20-10-8-7-9-17(20)23(18,2)3/h7-15H,1-6H3/q+1. The number of rotatable bonds is 1. The highest BCUT2D eigenvalue weighted by molar-refractivity contribution is 7.02. The second-order valence-corrected chi connectivity index (χ2v) is 12.8. The van der Waals surface area contributed by atoms with Crippen LogP contribution in [0.4, 0.5) is 0 Å². The second-order valence-electron chi connectivity index (χ2n) is 8.55. The van der Waals surface area contributed by atoms with Gasteiger partial charge in [-0.2, -0.15) is 0 Å². The van der Waals surface area contributed by atoms with Crippen molar-refractivity contribution in [1.29, 1.82) is 0 Å². The summed E-state index contributed by atoms with van der Waals surface area (Å²) in [7, 11) is 0.259. The van der Waals surface area contributed by atoms with E-state index in [4.69, 9.17) is 0 Å². The normalized spacial score (nSPS) is 16.7. The van der Waals surface area contributed by atoms with E-state index in [1.54, 1.807) is 10.4 Å². The van der Waals surface area contributed by atoms with Crippen LogP contribution in [0.25, 0.3) is 11.3 Å². The molecule has 2 nitrogen and oxygen atoms in total. The number of hydrogen-bond donors (Lipinski definition) is 0. The largest absolute Gasteiger partial charge is 0.286 e. The molecule has 0 amide bonds. The Balaban J connectivity index is 2.15. The van der Waals surface area contributed by atoms with Crippen molar-refractivity contribution < 1.29 is 4.57 Å². The van der Waals surface area contributed by atoms with E-state index >= 15 is 0 Å². The average Bonchev–Trinajstić information content (AvgIpc) is 2.61. The summed E-state index contributed by atoms with van der Waals surface area (Å²) in [5.74, 6) is 0. The van der Waals surface area contributed by atoms with Crippen LogP contribution in [-0.2, 0) is 12.5 Å². The fourth-order valence-electron chi connectivity index (χ4n) is 4.75. The summed E-state index contributed by atoms with van der Waals surface area (Å²) in [6.07, 6.45) is 3.81. The van der Waals surface area contributed by atoms with Crippen molar-refractivity contribution in [3.8, 4) is 11.3 Å². The topological polar surface area (TPSA) is 16.8 Å². The smallest absolute Gasteiger partial charge is 0.233 e. The molecule has 26 heavy (non-hydrogen) atoms. The first-order valence-corrected chi connectivity index (χ1v) is 12.3. The van der Waals surface area contributed by atoms with Crippen molar-refractivity contribution in [1.82, 2.24) is 4.98 Å². The lowest BCUT2D eigenvalue weighted by Crippen LogP contribution is -2.63. The Morgan fingerprint density at radius 1 is 0.962 bits per heavy atom. The molecule has 0 aliphatic carbocycles. The van der Waals surface area contributed by atoms with E-state index in [0.29, 0.717) is 0 Å². The van der Waals surface area contributed by atoms with Gasteiger partial charge in [0.2, 0.25) is 0 Å². The molecule has 132 valence electrons. The van der Waals surface area contributed by atoms with Crippen LogP contribution in [0.5, 0.6) is 0 Å². The van der Waals surface area contributed by atoms with Crippen LogP contribution in [0.2, 0.25) is 13.1 Å². The molecule has 0 radical (unpaired) electrons. The van der Waals surface area contributed by atoms with Crippen LogP contribution in [0.1, 0.15) is 30.5 Å². The van der Waals surface area contributed by atoms with Crippen molar-refractivity contribution in [2.45, 2.75) is 39.3 Å². The third-order valence-electron chi connectivity index (χ3n) is 6.18. The monoisotopic (exact) mass is 359 g/mol. The molecule has 0 spiro atoms. The van der Waals surface area contributed by atoms with Gasteiger partial charge in [-0.1, -0.05) is 73.5 Å². The first-order valence-electron chi connectivity index (χ1n) is 9.31. The quantitative estimate of drug-likeness (QED) is 0.481. The highest BCUT2D eigenvalue weighted by Gasteiger charge is 2.44. The molecule has 0 saturated heterocycles. The van der Waals surface area contributed by atoms with Crippen molar-refractivity contribution in [2.24, 2.45) is 7.05 Å². The lowest BCUT2D eigenvalue weighted by atomic mass is 9.76. The van der Waals surface area contributed by atoms with E-state index < -0.39 is 8.07 Å². The maximum absolute atomic E-state index is 4.29. The highest BCUT2D eigenvalue weighted by Crippen LogP contribution is 2.38. The number of fused-ring (bicyclic) bond motifs is 2. The van der Waals surface area contributed by atoms with E-state index in [2.05, 4.69) is 92.9 Å². The SMILES string of the molecule is Cc1ccc2c(c1-c1ccnc[n+]1C)[Si](C)(C)c1ccccc1C2(C)C. The van der Waals surface area contributed by atoms with E-state index in [0.717, 1.165) is 0 Å². The highest BCUT2D eigenvalue weighted by atomic mass is 28.3. The van der Waals surface area contributed by atoms with Crippen molar-refractivity contribution in [2.75, 3.05) is 0 Å². The summed E-state index contributed by atoms with van der Waals surface area (Å²) in [6, 6.07) is 15.9. The maximum atomic E-state index is 4.29. The minimum Gasteiger partial charge on any atom is -0.233 e. The van der Waals surface area contributed by atoms with Crippen LogP contribution in [0.3, 0.4) is 0 Å². The molecule has 0 saturated carbocycles. The Labute approximate surface area is 157 Å². The zero-order chi connectivity index (χ0) is 18.7. The van der Waals surface area contributed by atoms with Crippen LogP contribution >= 0.6 is 0 Å². The first kappa shape index (κ1) is 17.2. The fourth-order valence-corrected chi connectivity index (χ4v) is 8.62. The second kappa shape index (κ2) is 5.62. The number of nitrogens with zero attached hydrogens (tertiary/aromatic N) is 2. The van der Waals surface area contributed by atoms with Crippen LogP contribution in [-0.4, -0.2) is 13.1 Å². The van der Waals surface area contributed by atoms with Crippen molar-refractivity contribution >= 4 is 18.4 Å². The van der Waals surface area contributed by atoms with E-state index in [-0.39, 0.29) is 5.41 Å². The summed E-state index contributed by atoms with van der Waals surface area (Å²) in [6.45, 7) is 12.0. The zero-order valence-electron chi connectivity index (χ0n) is 16.6. The summed E-state index contributed by atoms with van der Waals surface area (Å²) < 4.78 is 2.15. The molecule has 0 N–H and O–H groups in total. The van der Waals surface area contributed by atoms with Crippen molar-refractivity contribution in [3.63, 3.8) is 0 Å². The van der Waals surface area contributed by atoms with Gasteiger partial charge in [-0.3, -0.25) is 0 Å². The van der Waals surface area contributed by atoms with Crippen LogP contribution in [0, 0.1) is 6.92 Å². The molecular weight excluding hydrogens is 332 g/mol. The number of benzene rings is 2. The van der Waals surface area contributed by atoms with Gasteiger partial charge in [-0.15, -0.1) is 0 Å². The molecule has 4 rings (SSSR count). The molecule has 0 unspecified atom stereocenters. The molecule has 3 aromatic rings. The van der Waals surface area contributed by atoms with Gasteiger partial charge in [0, 0.05) is 17.0 Å². The summed E-state index contributed by atoms with van der Waals surface area (Å²) >= 11 is 0. The molecule has 0 atom stereocenters. The number of hydrogen-bond acceptors (Lipinski definition) is 1. The summed E-state index contributed by atoms with van der Waals surface area (Å²) in [4.78, 5) is 4.29. The first-order chi connectivity index (χ1) is 12.3. The van der Waals surface area contributed by atoms with Gasteiger partial charge in [0.1, 0.15) is 20.0 Å². The Hall–Kier alpha value is -2.26. The minimum atomic E-state index is -1.84. The van der Waals surface area contributed by atoms with Crippen LogP contribution < -0.4 is 14.9 Å². The Morgan fingerprint density at radius 2 is 1.69 bits per heavy atom. The van der Waals surface area contributed by atoms with Gasteiger partial charge in [-0.25, -0.2) is 4.57 Å². The molecular formula is C23H27N2Si+. The van der Waals surface area contributed by atoms with E-state index in [1.165, 1.54) is 27.9 Å². The molecule has 1 aromatic heterocycles. The average molecular weight is 360 g/mol. The van der Waals surface area contributed by atoms with Gasteiger partial charge >= 0.3 is 0 Å². The Kier molecular flexibility index (Phi) is 3.71. The number of aromatic nitrogens is 2. The van der Waals surface area contributed by atoms with Gasteiger partial charge in [-0.05, 0) is 28.8 Å². The zero-order valence-corrected chi connectivity index (χ0v) is 17.6. The molecule has 0 bridgehead atoms. The lowest BCUT2D eigenvalue weighted by Gasteiger charge is -2.44. The molecule has 3 heteroatoms. The third kappa shape index (κ3) is 2.23. The van der Waals surface area contributed by atoms with Gasteiger partial charge in [0.05, 0.1) is 7.05 Å². The molecule has 1 aliphatic rings. The van der Waals surface area contributed by atoms with E-state index in [9.17, 15) is 0 Å². The van der Waals surface area contributed by atoms with Gasteiger partial charge in [0.15, 0.2) is 0 Å². The van der Waals surface area contributed by atoms with Crippen molar-refractivity contribution in [3.05, 3.63) is 71.7 Å². The van der Waals surface area contributed by atoms with E-state index in [1.807, 2.05) is 12.5 Å². The molecule has 1 aliphatic heterocycles. The summed E-state index contributed by atoms with van der Waals surface area (Å²) in [5, 5.41) is 3.16. The number of aryl methyl sites for hydroxylation is 2. The predicted molar refractivity (Wildman–Crippen MR) is 111 cm³/mol. The van der Waals surface area contributed by atoms with Gasteiger partial charge in [0.25, 0.3) is 6.33 Å². The molecule has 0 fully saturated rings. The predicted octanol–water partition coefficient (Wildman–Crippen LogP) is 3.34. The van der Waals surface area contributed by atoms with Gasteiger partial charge < -0.3 is 0 Å². The molecule has 2 heterocycles. The Morgan fingerprint density at radius 3 is 2.42 bits per heavy atom. The Bertz CT molecular complexity index is 1020. The maximum Gasteiger partial charge on any atom is 0.286 e.